The maximum Gasteiger partial charge on any atom is 0.0900 e. The molecule has 1 heterocycles. The van der Waals surface area contributed by atoms with Crippen LogP contribution in [-0.2, 0) is 9.47 Å². The molecule has 4 heteroatoms. The zero-order valence-corrected chi connectivity index (χ0v) is 12.3. The number of hydrogen-bond acceptors (Lipinski definition) is 4. The summed E-state index contributed by atoms with van der Waals surface area (Å²) in [6, 6.07) is 0.551. The zero-order chi connectivity index (χ0) is 13.5. The number of methoxy groups -OCH3 is 1. The normalized spacial score (nSPS) is 31.5. The highest BCUT2D eigenvalue weighted by Crippen LogP contribution is 2.26. The van der Waals surface area contributed by atoms with Crippen molar-refractivity contribution in [1.29, 1.82) is 0 Å². The third-order valence-corrected chi connectivity index (χ3v) is 3.91. The van der Waals surface area contributed by atoms with Crippen LogP contribution in [0.2, 0.25) is 0 Å². The van der Waals surface area contributed by atoms with Gasteiger partial charge in [-0.2, -0.15) is 0 Å². The van der Waals surface area contributed by atoms with Crippen molar-refractivity contribution in [3.8, 4) is 0 Å². The Kier molecular flexibility index (Phi) is 7.15. The Morgan fingerprint density at radius 1 is 1.28 bits per heavy atom. The summed E-state index contributed by atoms with van der Waals surface area (Å²) in [5.74, 6) is 1.42. The van der Waals surface area contributed by atoms with Crippen LogP contribution < -0.4 is 0 Å². The van der Waals surface area contributed by atoms with E-state index < -0.39 is 6.10 Å². The summed E-state index contributed by atoms with van der Waals surface area (Å²) in [5.41, 5.74) is 0. The lowest BCUT2D eigenvalue weighted by Gasteiger charge is -2.41. The summed E-state index contributed by atoms with van der Waals surface area (Å²) >= 11 is 0. The van der Waals surface area contributed by atoms with Gasteiger partial charge in [-0.3, -0.25) is 4.90 Å². The molecule has 1 saturated heterocycles. The molecule has 0 amide bonds. The van der Waals surface area contributed by atoms with E-state index >= 15 is 0 Å². The van der Waals surface area contributed by atoms with Crippen LogP contribution in [0, 0.1) is 11.8 Å². The molecular weight excluding hydrogens is 230 g/mol. The van der Waals surface area contributed by atoms with Crippen molar-refractivity contribution < 1.29 is 14.6 Å². The second kappa shape index (κ2) is 8.10. The summed E-state index contributed by atoms with van der Waals surface area (Å²) in [6.07, 6.45) is 0.889. The fourth-order valence-corrected chi connectivity index (χ4v) is 2.76. The van der Waals surface area contributed by atoms with Crippen molar-refractivity contribution in [2.45, 2.75) is 39.3 Å². The lowest BCUT2D eigenvalue weighted by atomic mass is 9.86. The average molecular weight is 259 g/mol. The number of nitrogens with zero attached hydrogens (tertiary/aromatic N) is 1. The van der Waals surface area contributed by atoms with Crippen LogP contribution in [0.4, 0.5) is 0 Å². The topological polar surface area (TPSA) is 41.9 Å². The van der Waals surface area contributed by atoms with Crippen LogP contribution in [-0.4, -0.2) is 62.2 Å². The van der Waals surface area contributed by atoms with Crippen molar-refractivity contribution in [3.63, 3.8) is 0 Å². The number of likely N-dealkylation sites (tertiary alicyclic amines) is 1. The molecule has 0 spiro atoms. The second-order valence-corrected chi connectivity index (χ2v) is 5.73. The maximum absolute atomic E-state index is 9.98. The number of hydrogen-bond donors (Lipinski definition) is 1. The lowest BCUT2D eigenvalue weighted by Crippen LogP contribution is -2.49. The van der Waals surface area contributed by atoms with Gasteiger partial charge in [-0.1, -0.05) is 13.8 Å². The van der Waals surface area contributed by atoms with Crippen molar-refractivity contribution in [2.75, 3.05) is 40.0 Å². The Labute approximate surface area is 111 Å². The number of rotatable bonds is 7. The van der Waals surface area contributed by atoms with E-state index in [9.17, 15) is 5.11 Å². The standard InChI is InChI=1S/C14H29NO3/c1-11-7-12(2)13(3)15(8-11)9-14(16)10-18-6-5-17-4/h11-14,16H,5-10H2,1-4H3. The summed E-state index contributed by atoms with van der Waals surface area (Å²) in [5, 5.41) is 9.98. The molecule has 0 aromatic rings. The van der Waals surface area contributed by atoms with E-state index in [-0.39, 0.29) is 0 Å². The minimum absolute atomic E-state index is 0.398. The highest BCUT2D eigenvalue weighted by atomic mass is 16.5. The first kappa shape index (κ1) is 15.9. The smallest absolute Gasteiger partial charge is 0.0900 e. The molecule has 0 radical (unpaired) electrons. The largest absolute Gasteiger partial charge is 0.389 e. The number of piperidine rings is 1. The molecule has 0 aliphatic carbocycles. The number of β-amino-alcohol motifs (C(OH)–C–C–N with tert-alkyl or cyclic N) is 1. The molecule has 0 aromatic heterocycles. The minimum atomic E-state index is -0.401. The molecule has 1 rings (SSSR count). The summed E-state index contributed by atoms with van der Waals surface area (Å²) in [6.45, 7) is 10.2. The Morgan fingerprint density at radius 3 is 2.67 bits per heavy atom. The summed E-state index contributed by atoms with van der Waals surface area (Å²) in [7, 11) is 1.65. The van der Waals surface area contributed by atoms with E-state index in [0.717, 1.165) is 12.5 Å². The predicted octanol–water partition coefficient (Wildman–Crippen LogP) is 1.38. The molecule has 18 heavy (non-hydrogen) atoms. The van der Waals surface area contributed by atoms with Crippen molar-refractivity contribution in [3.05, 3.63) is 0 Å². The van der Waals surface area contributed by atoms with Gasteiger partial charge in [0.05, 0.1) is 25.9 Å². The van der Waals surface area contributed by atoms with E-state index in [1.54, 1.807) is 7.11 Å². The quantitative estimate of drug-likeness (QED) is 0.701. The van der Waals surface area contributed by atoms with Gasteiger partial charge >= 0.3 is 0 Å². The predicted molar refractivity (Wildman–Crippen MR) is 72.7 cm³/mol. The third-order valence-electron chi connectivity index (χ3n) is 3.91. The van der Waals surface area contributed by atoms with E-state index in [1.165, 1.54) is 6.42 Å². The average Bonchev–Trinajstić information content (AvgIpc) is 2.31. The Bertz CT molecular complexity index is 225. The van der Waals surface area contributed by atoms with Crippen molar-refractivity contribution >= 4 is 0 Å². The van der Waals surface area contributed by atoms with Crippen LogP contribution in [0.15, 0.2) is 0 Å². The maximum atomic E-state index is 9.98. The highest BCUT2D eigenvalue weighted by molar-refractivity contribution is 4.83. The Morgan fingerprint density at radius 2 is 2.00 bits per heavy atom. The van der Waals surface area contributed by atoms with E-state index in [2.05, 4.69) is 25.7 Å². The van der Waals surface area contributed by atoms with E-state index in [0.29, 0.717) is 38.3 Å². The van der Waals surface area contributed by atoms with Gasteiger partial charge < -0.3 is 14.6 Å². The molecular formula is C14H29NO3. The second-order valence-electron chi connectivity index (χ2n) is 5.73. The lowest BCUT2D eigenvalue weighted by molar-refractivity contribution is -0.0208. The van der Waals surface area contributed by atoms with Crippen LogP contribution in [0.5, 0.6) is 0 Å². The molecule has 1 fully saturated rings. The van der Waals surface area contributed by atoms with Gasteiger partial charge in [-0.05, 0) is 25.2 Å². The van der Waals surface area contributed by atoms with Crippen molar-refractivity contribution in [1.82, 2.24) is 4.90 Å². The van der Waals surface area contributed by atoms with Gasteiger partial charge in [0.25, 0.3) is 0 Å². The fraction of sp³-hybridized carbons (Fsp3) is 1.00. The molecule has 0 bridgehead atoms. The highest BCUT2D eigenvalue weighted by Gasteiger charge is 2.29. The SMILES string of the molecule is COCCOCC(O)CN1CC(C)CC(C)C1C. The number of ether oxygens (including phenoxy) is 2. The van der Waals surface area contributed by atoms with E-state index in [1.807, 2.05) is 0 Å². The Balaban J connectivity index is 2.26. The monoisotopic (exact) mass is 259 g/mol. The molecule has 4 atom stereocenters. The molecule has 0 saturated carbocycles. The number of aliphatic hydroxyl groups is 1. The van der Waals surface area contributed by atoms with Gasteiger partial charge in [0, 0.05) is 26.2 Å². The molecule has 4 unspecified atom stereocenters. The van der Waals surface area contributed by atoms with Crippen LogP contribution in [0.3, 0.4) is 0 Å². The minimum Gasteiger partial charge on any atom is -0.389 e. The fourth-order valence-electron chi connectivity index (χ4n) is 2.76. The third kappa shape index (κ3) is 5.22. The summed E-state index contributed by atoms with van der Waals surface area (Å²) < 4.78 is 10.3. The first-order valence-electron chi connectivity index (χ1n) is 7.03. The molecule has 1 aliphatic rings. The van der Waals surface area contributed by atoms with Crippen LogP contribution >= 0.6 is 0 Å². The van der Waals surface area contributed by atoms with Gasteiger partial charge in [0.1, 0.15) is 0 Å². The van der Waals surface area contributed by atoms with E-state index in [4.69, 9.17) is 9.47 Å². The molecule has 1 aliphatic heterocycles. The van der Waals surface area contributed by atoms with Crippen LogP contribution in [0.1, 0.15) is 27.2 Å². The van der Waals surface area contributed by atoms with Gasteiger partial charge in [-0.15, -0.1) is 0 Å². The first-order valence-corrected chi connectivity index (χ1v) is 7.03. The number of aliphatic hydroxyl groups excluding tert-OH is 1. The molecule has 1 N–H and O–H groups in total. The first-order chi connectivity index (χ1) is 8.54. The van der Waals surface area contributed by atoms with Gasteiger partial charge in [0.2, 0.25) is 0 Å². The zero-order valence-electron chi connectivity index (χ0n) is 12.3. The Hall–Kier alpha value is -0.160. The van der Waals surface area contributed by atoms with Crippen LogP contribution in [0.25, 0.3) is 0 Å². The van der Waals surface area contributed by atoms with Gasteiger partial charge in [-0.25, -0.2) is 0 Å². The molecule has 108 valence electrons. The summed E-state index contributed by atoms with van der Waals surface area (Å²) in [4.78, 5) is 2.39. The molecule has 0 aromatic carbocycles. The molecule has 4 nitrogen and oxygen atoms in total. The van der Waals surface area contributed by atoms with Crippen molar-refractivity contribution in [2.24, 2.45) is 11.8 Å². The van der Waals surface area contributed by atoms with Gasteiger partial charge in [0.15, 0.2) is 0 Å².